The first-order chi connectivity index (χ1) is 9.10. The second-order valence-corrected chi connectivity index (χ2v) is 4.27. The molecule has 0 saturated carbocycles. The van der Waals surface area contributed by atoms with Crippen molar-refractivity contribution in [1.29, 1.82) is 0 Å². The van der Waals surface area contributed by atoms with E-state index >= 15 is 0 Å². The Bertz CT molecular complexity index is 472. The monoisotopic (exact) mass is 264 g/mol. The number of carbonyl (C=O) groups excluding carboxylic acids is 1. The van der Waals surface area contributed by atoms with Gasteiger partial charge in [-0.2, -0.15) is 0 Å². The first-order valence-electron chi connectivity index (χ1n) is 6.10. The number of amides is 1. The highest BCUT2D eigenvalue weighted by molar-refractivity contribution is 5.89. The smallest absolute Gasteiger partial charge is 0.328 e. The van der Waals surface area contributed by atoms with Gasteiger partial charge in [0.1, 0.15) is 11.8 Å². The van der Waals surface area contributed by atoms with Crippen molar-refractivity contribution >= 4 is 17.6 Å². The van der Waals surface area contributed by atoms with Crippen molar-refractivity contribution in [3.05, 3.63) is 24.3 Å². The summed E-state index contributed by atoms with van der Waals surface area (Å²) >= 11 is 0. The summed E-state index contributed by atoms with van der Waals surface area (Å²) in [6.45, 7) is 2.92. The van der Waals surface area contributed by atoms with Crippen molar-refractivity contribution in [3.8, 4) is 5.75 Å². The first kappa shape index (κ1) is 13.2. The number of aliphatic carboxylic acids is 1. The zero-order chi connectivity index (χ0) is 13.8. The van der Waals surface area contributed by atoms with Crippen LogP contribution in [0.2, 0.25) is 0 Å². The third-order valence-corrected chi connectivity index (χ3v) is 2.88. The van der Waals surface area contributed by atoms with Gasteiger partial charge in [0.05, 0.1) is 13.2 Å². The fraction of sp³-hybridized carbons (Fsp3) is 0.385. The van der Waals surface area contributed by atoms with Crippen LogP contribution in [0, 0.1) is 0 Å². The van der Waals surface area contributed by atoms with E-state index < -0.39 is 12.0 Å². The average Bonchev–Trinajstić information content (AvgIpc) is 2.39. The van der Waals surface area contributed by atoms with Gasteiger partial charge in [0.25, 0.3) is 0 Å². The Balaban J connectivity index is 2.11. The topological polar surface area (TPSA) is 78.9 Å². The summed E-state index contributed by atoms with van der Waals surface area (Å²) in [6.07, 6.45) is 0. The van der Waals surface area contributed by atoms with Gasteiger partial charge in [-0.15, -0.1) is 0 Å². The Labute approximate surface area is 111 Å². The maximum absolute atomic E-state index is 11.5. The van der Waals surface area contributed by atoms with Crippen molar-refractivity contribution in [2.24, 2.45) is 0 Å². The molecule has 1 fully saturated rings. The Hall–Kier alpha value is -2.24. The first-order valence-corrected chi connectivity index (χ1v) is 6.10. The second kappa shape index (κ2) is 5.60. The molecule has 1 aliphatic rings. The number of rotatable bonds is 4. The molecule has 6 nitrogen and oxygen atoms in total. The molecular weight excluding hydrogens is 248 g/mol. The lowest BCUT2D eigenvalue weighted by molar-refractivity contribution is -0.142. The number of nitrogens with zero attached hydrogens (tertiary/aromatic N) is 1. The Kier molecular flexibility index (Phi) is 3.89. The van der Waals surface area contributed by atoms with Crippen LogP contribution >= 0.6 is 0 Å². The molecule has 1 aliphatic heterocycles. The molecule has 1 amide bonds. The summed E-state index contributed by atoms with van der Waals surface area (Å²) in [5.74, 6) is -0.556. The minimum atomic E-state index is -1.02. The molecule has 0 radical (unpaired) electrons. The lowest BCUT2D eigenvalue weighted by Gasteiger charge is -2.32. The highest BCUT2D eigenvalue weighted by Gasteiger charge is 2.29. The van der Waals surface area contributed by atoms with Crippen LogP contribution < -0.4 is 15.0 Å². The summed E-state index contributed by atoms with van der Waals surface area (Å²) in [6, 6.07) is 6.39. The molecule has 1 aromatic carbocycles. The second-order valence-electron chi connectivity index (χ2n) is 4.27. The zero-order valence-corrected chi connectivity index (χ0v) is 10.6. The van der Waals surface area contributed by atoms with Gasteiger partial charge < -0.3 is 20.1 Å². The van der Waals surface area contributed by atoms with Gasteiger partial charge in [0, 0.05) is 12.2 Å². The number of nitrogens with one attached hydrogen (secondary N) is 1. The number of hydrogen-bond donors (Lipinski definition) is 2. The molecule has 102 valence electrons. The van der Waals surface area contributed by atoms with Gasteiger partial charge in [0.15, 0.2) is 0 Å². The molecule has 2 N–H and O–H groups in total. The number of carboxylic acid groups (broad SMARTS) is 1. The normalized spacial score (nSPS) is 18.9. The third kappa shape index (κ3) is 3.15. The van der Waals surface area contributed by atoms with E-state index in [9.17, 15) is 9.59 Å². The molecule has 2 rings (SSSR count). The molecule has 1 unspecified atom stereocenters. The van der Waals surface area contributed by atoms with E-state index in [2.05, 4.69) is 5.32 Å². The summed E-state index contributed by atoms with van der Waals surface area (Å²) in [4.78, 5) is 24.2. The maximum atomic E-state index is 11.5. The average molecular weight is 264 g/mol. The van der Waals surface area contributed by atoms with Gasteiger partial charge >= 0.3 is 5.97 Å². The standard InChI is InChI=1S/C13H16N2O4/c1-2-19-10-5-3-9(4-6-10)15-7-11(13(17)18)14-12(16)8-15/h3-6,11H,2,7-8H2,1H3,(H,14,16)(H,17,18). The molecule has 0 aromatic heterocycles. The van der Waals surface area contributed by atoms with E-state index in [0.717, 1.165) is 11.4 Å². The van der Waals surface area contributed by atoms with Crippen LogP contribution in [0.4, 0.5) is 5.69 Å². The molecule has 6 heteroatoms. The van der Waals surface area contributed by atoms with E-state index in [1.807, 2.05) is 19.1 Å². The lowest BCUT2D eigenvalue weighted by Crippen LogP contribution is -2.57. The van der Waals surface area contributed by atoms with Crippen LogP contribution in [-0.4, -0.2) is 42.7 Å². The van der Waals surface area contributed by atoms with Crippen LogP contribution in [0.15, 0.2) is 24.3 Å². The van der Waals surface area contributed by atoms with Crippen molar-refractivity contribution in [2.45, 2.75) is 13.0 Å². The summed E-state index contributed by atoms with van der Waals surface area (Å²) in [5.41, 5.74) is 0.810. The number of benzene rings is 1. The Morgan fingerprint density at radius 2 is 2.16 bits per heavy atom. The summed E-state index contributed by atoms with van der Waals surface area (Å²) < 4.78 is 5.34. The van der Waals surface area contributed by atoms with Crippen LogP contribution in [0.5, 0.6) is 5.75 Å². The molecule has 0 aliphatic carbocycles. The number of ether oxygens (including phenoxy) is 1. The fourth-order valence-corrected chi connectivity index (χ4v) is 2.00. The molecule has 1 aromatic rings. The Morgan fingerprint density at radius 1 is 1.47 bits per heavy atom. The van der Waals surface area contributed by atoms with E-state index in [-0.39, 0.29) is 19.0 Å². The minimum absolute atomic E-state index is 0.164. The molecular formula is C13H16N2O4. The largest absolute Gasteiger partial charge is 0.494 e. The van der Waals surface area contributed by atoms with Crippen molar-refractivity contribution < 1.29 is 19.4 Å². The van der Waals surface area contributed by atoms with E-state index in [4.69, 9.17) is 9.84 Å². The van der Waals surface area contributed by atoms with Crippen molar-refractivity contribution in [1.82, 2.24) is 5.32 Å². The van der Waals surface area contributed by atoms with Gasteiger partial charge in [-0.05, 0) is 31.2 Å². The molecule has 0 spiro atoms. The van der Waals surface area contributed by atoms with Crippen LogP contribution in [-0.2, 0) is 9.59 Å². The van der Waals surface area contributed by atoms with Gasteiger partial charge in [0.2, 0.25) is 5.91 Å². The van der Waals surface area contributed by atoms with E-state index in [1.165, 1.54) is 0 Å². The minimum Gasteiger partial charge on any atom is -0.494 e. The quantitative estimate of drug-likeness (QED) is 0.826. The summed E-state index contributed by atoms with van der Waals surface area (Å²) in [5, 5.41) is 11.4. The Morgan fingerprint density at radius 3 is 2.74 bits per heavy atom. The highest BCUT2D eigenvalue weighted by Crippen LogP contribution is 2.20. The van der Waals surface area contributed by atoms with Gasteiger partial charge in [-0.3, -0.25) is 4.79 Å². The molecule has 19 heavy (non-hydrogen) atoms. The predicted octanol–water partition coefficient (Wildman–Crippen LogP) is 0.475. The molecule has 0 bridgehead atoms. The van der Waals surface area contributed by atoms with Gasteiger partial charge in [-0.1, -0.05) is 0 Å². The van der Waals surface area contributed by atoms with Crippen molar-refractivity contribution in [3.63, 3.8) is 0 Å². The molecule has 1 atom stereocenters. The van der Waals surface area contributed by atoms with E-state index in [1.54, 1.807) is 17.0 Å². The fourth-order valence-electron chi connectivity index (χ4n) is 2.00. The number of anilines is 1. The number of carboxylic acids is 1. The highest BCUT2D eigenvalue weighted by atomic mass is 16.5. The lowest BCUT2D eigenvalue weighted by atomic mass is 10.1. The molecule has 1 saturated heterocycles. The number of piperazine rings is 1. The van der Waals surface area contributed by atoms with Crippen LogP contribution in [0.1, 0.15) is 6.92 Å². The van der Waals surface area contributed by atoms with Crippen molar-refractivity contribution in [2.75, 3.05) is 24.6 Å². The third-order valence-electron chi connectivity index (χ3n) is 2.88. The van der Waals surface area contributed by atoms with Gasteiger partial charge in [-0.25, -0.2) is 4.79 Å². The predicted molar refractivity (Wildman–Crippen MR) is 69.4 cm³/mol. The molecule has 1 heterocycles. The van der Waals surface area contributed by atoms with Crippen LogP contribution in [0.25, 0.3) is 0 Å². The summed E-state index contributed by atoms with van der Waals surface area (Å²) in [7, 11) is 0. The number of hydrogen-bond acceptors (Lipinski definition) is 4. The maximum Gasteiger partial charge on any atom is 0.328 e. The SMILES string of the molecule is CCOc1ccc(N2CC(=O)NC(C(=O)O)C2)cc1. The zero-order valence-electron chi connectivity index (χ0n) is 10.6. The van der Waals surface area contributed by atoms with E-state index in [0.29, 0.717) is 6.61 Å². The number of carbonyl (C=O) groups is 2. The van der Waals surface area contributed by atoms with Crippen LogP contribution in [0.3, 0.4) is 0 Å².